The summed E-state index contributed by atoms with van der Waals surface area (Å²) >= 11 is 0. The first-order valence-electron chi connectivity index (χ1n) is 9.12. The number of nitrogens with zero attached hydrogens (tertiary/aromatic N) is 3. The van der Waals surface area contributed by atoms with Crippen LogP contribution in [0, 0.1) is 20.2 Å². The molecule has 0 amide bonds. The molecule has 1 aliphatic carbocycles. The second-order valence-electron chi connectivity index (χ2n) is 6.67. The maximum Gasteiger partial charge on any atom is 0.301 e. The Kier molecular flexibility index (Phi) is 5.04. The second-order valence-corrected chi connectivity index (χ2v) is 6.67. The number of rotatable bonds is 5. The Morgan fingerprint density at radius 3 is 2.00 bits per heavy atom. The molecule has 1 aliphatic rings. The fourth-order valence-corrected chi connectivity index (χ4v) is 3.46. The molecule has 3 aromatic rings. The number of hydrazone groups is 1. The molecule has 3 aromatic carbocycles. The van der Waals surface area contributed by atoms with Gasteiger partial charge in [-0.25, -0.2) is 0 Å². The standard InChI is InChI=1S/C22H16N4O4/c27-25(28)17-11-12-21(22(13-17)26(29)30)24-23-14-20-18-7-3-1-5-15(18)9-10-16-6-2-4-8-19(16)20/h1-14,20,24H/b23-14+. The maximum atomic E-state index is 11.3. The first-order valence-corrected chi connectivity index (χ1v) is 9.12. The predicted octanol–water partition coefficient (Wildman–Crippen LogP) is 5.22. The van der Waals surface area contributed by atoms with E-state index in [2.05, 4.69) is 22.7 Å². The molecule has 0 saturated carbocycles. The van der Waals surface area contributed by atoms with Crippen molar-refractivity contribution in [2.75, 3.05) is 5.43 Å². The zero-order chi connectivity index (χ0) is 21.1. The molecule has 0 spiro atoms. The predicted molar refractivity (Wildman–Crippen MR) is 116 cm³/mol. The third kappa shape index (κ3) is 3.66. The summed E-state index contributed by atoms with van der Waals surface area (Å²) in [6.07, 6.45) is 5.79. The van der Waals surface area contributed by atoms with E-state index in [1.54, 1.807) is 6.21 Å². The van der Waals surface area contributed by atoms with Gasteiger partial charge in [-0.1, -0.05) is 60.7 Å². The number of non-ortho nitro benzene ring substituents is 1. The number of hydrogen-bond donors (Lipinski definition) is 1. The summed E-state index contributed by atoms with van der Waals surface area (Å²) in [4.78, 5) is 20.9. The Hall–Kier alpha value is -4.33. The lowest BCUT2D eigenvalue weighted by molar-refractivity contribution is -0.393. The van der Waals surface area contributed by atoms with Gasteiger partial charge in [0.1, 0.15) is 5.69 Å². The van der Waals surface area contributed by atoms with Gasteiger partial charge in [-0.05, 0) is 28.3 Å². The molecule has 30 heavy (non-hydrogen) atoms. The molecule has 0 saturated heterocycles. The third-order valence-corrected chi connectivity index (χ3v) is 4.90. The van der Waals surface area contributed by atoms with E-state index in [1.807, 2.05) is 48.5 Å². The van der Waals surface area contributed by atoms with Crippen molar-refractivity contribution in [3.8, 4) is 0 Å². The highest BCUT2D eigenvalue weighted by molar-refractivity contribution is 5.85. The van der Waals surface area contributed by atoms with Crippen LogP contribution >= 0.6 is 0 Å². The van der Waals surface area contributed by atoms with E-state index in [1.165, 1.54) is 12.1 Å². The minimum atomic E-state index is -0.676. The Labute approximate surface area is 171 Å². The number of benzene rings is 3. The number of nitro groups is 2. The van der Waals surface area contributed by atoms with Gasteiger partial charge in [0.05, 0.1) is 15.9 Å². The fraction of sp³-hybridized carbons (Fsp3) is 0.0455. The molecular weight excluding hydrogens is 384 g/mol. The number of nitro benzene ring substituents is 2. The van der Waals surface area contributed by atoms with Gasteiger partial charge in [-0.3, -0.25) is 25.7 Å². The van der Waals surface area contributed by atoms with Gasteiger partial charge in [0.25, 0.3) is 5.69 Å². The lowest BCUT2D eigenvalue weighted by Gasteiger charge is -2.16. The monoisotopic (exact) mass is 400 g/mol. The van der Waals surface area contributed by atoms with E-state index in [-0.39, 0.29) is 17.3 Å². The van der Waals surface area contributed by atoms with Gasteiger partial charge in [0.15, 0.2) is 0 Å². The van der Waals surface area contributed by atoms with Gasteiger partial charge in [0, 0.05) is 18.2 Å². The first-order chi connectivity index (χ1) is 14.5. The van der Waals surface area contributed by atoms with Crippen LogP contribution in [0.25, 0.3) is 12.2 Å². The fourth-order valence-electron chi connectivity index (χ4n) is 3.46. The molecule has 4 rings (SSSR count). The molecule has 0 unspecified atom stereocenters. The highest BCUT2D eigenvalue weighted by atomic mass is 16.6. The first kappa shape index (κ1) is 19.0. The summed E-state index contributed by atoms with van der Waals surface area (Å²) in [6.45, 7) is 0. The SMILES string of the molecule is O=[N+]([O-])c1ccc(N/N=C/C2c3ccccc3C=Cc3ccccc32)c([N+](=O)[O-])c1. The Morgan fingerprint density at radius 2 is 1.43 bits per heavy atom. The normalized spacial score (nSPS) is 12.8. The van der Waals surface area contributed by atoms with Gasteiger partial charge in [-0.2, -0.15) is 5.10 Å². The Balaban J connectivity index is 1.69. The smallest absolute Gasteiger partial charge is 0.272 e. The van der Waals surface area contributed by atoms with Gasteiger partial charge >= 0.3 is 5.69 Å². The highest BCUT2D eigenvalue weighted by Crippen LogP contribution is 2.34. The molecular formula is C22H16N4O4. The van der Waals surface area contributed by atoms with Crippen LogP contribution in [-0.2, 0) is 0 Å². The van der Waals surface area contributed by atoms with E-state index in [4.69, 9.17) is 0 Å². The van der Waals surface area contributed by atoms with Crippen molar-refractivity contribution in [1.82, 2.24) is 0 Å². The minimum absolute atomic E-state index is 0.0789. The summed E-state index contributed by atoms with van der Waals surface area (Å²) in [6, 6.07) is 19.3. The third-order valence-electron chi connectivity index (χ3n) is 4.90. The van der Waals surface area contributed by atoms with Crippen LogP contribution < -0.4 is 5.43 Å². The summed E-state index contributed by atoms with van der Waals surface area (Å²) in [5.74, 6) is -0.169. The zero-order valence-electron chi connectivity index (χ0n) is 15.6. The van der Waals surface area contributed by atoms with Crippen molar-refractivity contribution in [3.63, 3.8) is 0 Å². The number of nitrogens with one attached hydrogen (secondary N) is 1. The van der Waals surface area contributed by atoms with Gasteiger partial charge in [-0.15, -0.1) is 0 Å². The summed E-state index contributed by atoms with van der Waals surface area (Å²) < 4.78 is 0. The molecule has 0 atom stereocenters. The average molecular weight is 400 g/mol. The van der Waals surface area contributed by atoms with E-state index in [0.717, 1.165) is 28.3 Å². The van der Waals surface area contributed by atoms with Crippen LogP contribution in [-0.4, -0.2) is 16.1 Å². The molecule has 0 fully saturated rings. The lowest BCUT2D eigenvalue weighted by Crippen LogP contribution is -2.07. The average Bonchev–Trinajstić information content (AvgIpc) is 2.91. The van der Waals surface area contributed by atoms with Crippen molar-refractivity contribution in [2.24, 2.45) is 5.10 Å². The maximum absolute atomic E-state index is 11.3. The van der Waals surface area contributed by atoms with Crippen LogP contribution in [0.15, 0.2) is 71.8 Å². The van der Waals surface area contributed by atoms with Gasteiger partial charge < -0.3 is 0 Å². The highest BCUT2D eigenvalue weighted by Gasteiger charge is 2.21. The second kappa shape index (κ2) is 7.96. The zero-order valence-corrected chi connectivity index (χ0v) is 15.6. The number of anilines is 1. The molecule has 0 radical (unpaired) electrons. The van der Waals surface area contributed by atoms with Crippen LogP contribution in [0.5, 0.6) is 0 Å². The molecule has 8 heteroatoms. The van der Waals surface area contributed by atoms with Crippen LogP contribution in [0.3, 0.4) is 0 Å². The van der Waals surface area contributed by atoms with Crippen LogP contribution in [0.4, 0.5) is 17.1 Å². The van der Waals surface area contributed by atoms with Crippen LogP contribution in [0.1, 0.15) is 28.2 Å². The summed E-state index contributed by atoms with van der Waals surface area (Å²) in [5.41, 5.74) is 6.23. The van der Waals surface area contributed by atoms with Crippen LogP contribution in [0.2, 0.25) is 0 Å². The van der Waals surface area contributed by atoms with E-state index < -0.39 is 15.5 Å². The van der Waals surface area contributed by atoms with Crippen molar-refractivity contribution < 1.29 is 9.85 Å². The Morgan fingerprint density at radius 1 is 0.833 bits per heavy atom. The van der Waals surface area contributed by atoms with E-state index >= 15 is 0 Å². The summed E-state index contributed by atoms with van der Waals surface area (Å²) in [5, 5.41) is 26.5. The molecule has 0 bridgehead atoms. The Bertz CT molecular complexity index is 1150. The quantitative estimate of drug-likeness (QED) is 0.359. The van der Waals surface area contributed by atoms with E-state index in [9.17, 15) is 20.2 Å². The van der Waals surface area contributed by atoms with Crippen molar-refractivity contribution >= 4 is 35.4 Å². The lowest BCUT2D eigenvalue weighted by atomic mass is 9.89. The topological polar surface area (TPSA) is 111 Å². The molecule has 0 heterocycles. The largest absolute Gasteiger partial charge is 0.301 e. The molecule has 0 aliphatic heterocycles. The van der Waals surface area contributed by atoms with E-state index in [0.29, 0.717) is 0 Å². The molecule has 8 nitrogen and oxygen atoms in total. The number of hydrogen-bond acceptors (Lipinski definition) is 6. The summed E-state index contributed by atoms with van der Waals surface area (Å²) in [7, 11) is 0. The van der Waals surface area contributed by atoms with Crippen molar-refractivity contribution in [1.29, 1.82) is 0 Å². The van der Waals surface area contributed by atoms with Crippen molar-refractivity contribution in [2.45, 2.75) is 5.92 Å². The molecule has 0 aromatic heterocycles. The molecule has 148 valence electrons. The minimum Gasteiger partial charge on any atom is -0.272 e. The molecule has 1 N–H and O–H groups in total. The van der Waals surface area contributed by atoms with Gasteiger partial charge in [0.2, 0.25) is 0 Å². The number of fused-ring (bicyclic) bond motifs is 2. The van der Waals surface area contributed by atoms with Crippen molar-refractivity contribution in [3.05, 3.63) is 109 Å².